The van der Waals surface area contributed by atoms with Crippen molar-refractivity contribution in [2.75, 3.05) is 5.32 Å². The topological polar surface area (TPSA) is 38.3 Å². The molecule has 1 aromatic rings. The third-order valence-electron chi connectivity index (χ3n) is 1.51. The first-order valence-corrected chi connectivity index (χ1v) is 5.87. The van der Waals surface area contributed by atoms with Crippen LogP contribution in [0.1, 0.15) is 13.8 Å². The van der Waals surface area contributed by atoms with Crippen molar-refractivity contribution in [2.45, 2.75) is 20.0 Å². The number of hydrogen-bond donors (Lipinski definition) is 1. The van der Waals surface area contributed by atoms with Crippen LogP contribution in [0.25, 0.3) is 0 Å². The minimum absolute atomic E-state index is 0.130. The zero-order chi connectivity index (χ0) is 11.4. The fraction of sp³-hybridized carbons (Fsp3) is 0.300. The maximum atomic E-state index is 11.3. The monoisotopic (exact) mass is 339 g/mol. The number of anilines is 1. The lowest BCUT2D eigenvalue weighted by molar-refractivity contribution is 0.130. The van der Waals surface area contributed by atoms with Crippen LogP contribution in [0.2, 0.25) is 5.02 Å². The number of halogens is 2. The number of benzene rings is 1. The molecule has 0 unspecified atom stereocenters. The summed E-state index contributed by atoms with van der Waals surface area (Å²) in [4.78, 5) is 11.3. The number of amides is 1. The van der Waals surface area contributed by atoms with E-state index in [9.17, 15) is 4.79 Å². The van der Waals surface area contributed by atoms with E-state index in [0.717, 1.165) is 3.57 Å². The van der Waals surface area contributed by atoms with E-state index in [-0.39, 0.29) is 6.10 Å². The molecule has 5 heteroatoms. The SMILES string of the molecule is CC(C)OC(=O)Nc1ccc(Cl)cc1I. The van der Waals surface area contributed by atoms with Gasteiger partial charge in [-0.05, 0) is 54.6 Å². The summed E-state index contributed by atoms with van der Waals surface area (Å²) < 4.78 is 5.83. The minimum atomic E-state index is -0.453. The Morgan fingerprint density at radius 2 is 2.20 bits per heavy atom. The van der Waals surface area contributed by atoms with Crippen LogP contribution in [0, 0.1) is 3.57 Å². The van der Waals surface area contributed by atoms with Gasteiger partial charge in [0.05, 0.1) is 11.8 Å². The molecule has 0 aliphatic rings. The maximum Gasteiger partial charge on any atom is 0.411 e. The minimum Gasteiger partial charge on any atom is -0.447 e. The Morgan fingerprint density at radius 3 is 2.73 bits per heavy atom. The first-order valence-electron chi connectivity index (χ1n) is 4.41. The second-order valence-electron chi connectivity index (χ2n) is 3.20. The Balaban J connectivity index is 2.68. The lowest BCUT2D eigenvalue weighted by Gasteiger charge is -2.10. The molecule has 0 bridgehead atoms. The van der Waals surface area contributed by atoms with Crippen LogP contribution < -0.4 is 5.32 Å². The number of hydrogen-bond acceptors (Lipinski definition) is 2. The van der Waals surface area contributed by atoms with Crippen molar-refractivity contribution >= 4 is 46.0 Å². The lowest BCUT2D eigenvalue weighted by Crippen LogP contribution is -2.18. The smallest absolute Gasteiger partial charge is 0.411 e. The van der Waals surface area contributed by atoms with Gasteiger partial charge < -0.3 is 4.74 Å². The van der Waals surface area contributed by atoms with Crippen LogP contribution in [-0.4, -0.2) is 12.2 Å². The van der Waals surface area contributed by atoms with Crippen molar-refractivity contribution in [1.29, 1.82) is 0 Å². The number of carbonyl (C=O) groups excluding carboxylic acids is 1. The van der Waals surface area contributed by atoms with Gasteiger partial charge in [0, 0.05) is 8.59 Å². The summed E-state index contributed by atoms with van der Waals surface area (Å²) in [6.07, 6.45) is -0.583. The Labute approximate surface area is 107 Å². The maximum absolute atomic E-state index is 11.3. The zero-order valence-electron chi connectivity index (χ0n) is 8.38. The molecule has 0 saturated heterocycles. The summed E-state index contributed by atoms with van der Waals surface area (Å²) in [5.41, 5.74) is 0.700. The number of ether oxygens (including phenoxy) is 1. The molecule has 0 aliphatic heterocycles. The summed E-state index contributed by atoms with van der Waals surface area (Å²) in [6, 6.07) is 5.23. The fourth-order valence-corrected chi connectivity index (χ4v) is 1.95. The van der Waals surface area contributed by atoms with Gasteiger partial charge in [-0.15, -0.1) is 0 Å². The van der Waals surface area contributed by atoms with Crippen LogP contribution in [0.3, 0.4) is 0 Å². The zero-order valence-corrected chi connectivity index (χ0v) is 11.3. The van der Waals surface area contributed by atoms with Gasteiger partial charge in [-0.2, -0.15) is 0 Å². The third-order valence-corrected chi connectivity index (χ3v) is 2.64. The van der Waals surface area contributed by atoms with Crippen LogP contribution in [0.4, 0.5) is 10.5 Å². The fourth-order valence-electron chi connectivity index (χ4n) is 0.944. The Kier molecular flexibility index (Phi) is 4.66. The molecule has 0 atom stereocenters. The summed E-state index contributed by atoms with van der Waals surface area (Å²) in [5, 5.41) is 3.28. The molecular formula is C10H11ClINO2. The predicted octanol–water partition coefficient (Wildman–Crippen LogP) is 3.90. The van der Waals surface area contributed by atoms with Crippen molar-refractivity contribution in [1.82, 2.24) is 0 Å². The standard InChI is InChI=1S/C10H11ClINO2/c1-6(2)15-10(14)13-9-4-3-7(11)5-8(9)12/h3-6H,1-2H3,(H,13,14). The summed E-state index contributed by atoms with van der Waals surface area (Å²) in [6.45, 7) is 3.60. The highest BCUT2D eigenvalue weighted by molar-refractivity contribution is 14.1. The van der Waals surface area contributed by atoms with Gasteiger partial charge in [-0.25, -0.2) is 4.79 Å². The van der Waals surface area contributed by atoms with Crippen molar-refractivity contribution < 1.29 is 9.53 Å². The highest BCUT2D eigenvalue weighted by atomic mass is 127. The Morgan fingerprint density at radius 1 is 1.53 bits per heavy atom. The Hall–Kier alpha value is -0.490. The lowest BCUT2D eigenvalue weighted by atomic mass is 10.3. The summed E-state index contributed by atoms with van der Waals surface area (Å²) in [7, 11) is 0. The normalized spacial score (nSPS) is 10.2. The van der Waals surface area contributed by atoms with E-state index in [1.165, 1.54) is 0 Å². The molecule has 0 aromatic heterocycles. The van der Waals surface area contributed by atoms with Crippen LogP contribution in [0.5, 0.6) is 0 Å². The van der Waals surface area contributed by atoms with Crippen molar-refractivity contribution in [3.8, 4) is 0 Å². The first kappa shape index (κ1) is 12.6. The van der Waals surface area contributed by atoms with E-state index in [2.05, 4.69) is 27.9 Å². The molecule has 1 N–H and O–H groups in total. The predicted molar refractivity (Wildman–Crippen MR) is 69.4 cm³/mol. The average Bonchev–Trinajstić information content (AvgIpc) is 2.08. The van der Waals surface area contributed by atoms with Crippen LogP contribution >= 0.6 is 34.2 Å². The van der Waals surface area contributed by atoms with Crippen molar-refractivity contribution in [3.63, 3.8) is 0 Å². The summed E-state index contributed by atoms with van der Waals surface area (Å²) >= 11 is 7.89. The van der Waals surface area contributed by atoms with E-state index in [1.807, 2.05) is 0 Å². The molecule has 0 heterocycles. The van der Waals surface area contributed by atoms with E-state index >= 15 is 0 Å². The molecular weight excluding hydrogens is 328 g/mol. The highest BCUT2D eigenvalue weighted by Gasteiger charge is 2.07. The summed E-state index contributed by atoms with van der Waals surface area (Å²) in [5.74, 6) is 0. The molecule has 1 aromatic carbocycles. The van der Waals surface area contributed by atoms with Gasteiger partial charge in [-0.1, -0.05) is 11.6 Å². The number of nitrogens with one attached hydrogen (secondary N) is 1. The van der Waals surface area contributed by atoms with E-state index in [0.29, 0.717) is 10.7 Å². The Bertz CT molecular complexity index is 368. The molecule has 3 nitrogen and oxygen atoms in total. The molecule has 82 valence electrons. The number of rotatable bonds is 2. The molecule has 0 aliphatic carbocycles. The van der Waals surface area contributed by atoms with Gasteiger partial charge in [0.2, 0.25) is 0 Å². The molecule has 0 saturated carbocycles. The van der Waals surface area contributed by atoms with Gasteiger partial charge >= 0.3 is 6.09 Å². The average molecular weight is 340 g/mol. The van der Waals surface area contributed by atoms with E-state index in [4.69, 9.17) is 16.3 Å². The quantitative estimate of drug-likeness (QED) is 0.830. The molecule has 15 heavy (non-hydrogen) atoms. The van der Waals surface area contributed by atoms with Crippen molar-refractivity contribution in [2.24, 2.45) is 0 Å². The highest BCUT2D eigenvalue weighted by Crippen LogP contribution is 2.22. The molecule has 0 fully saturated rings. The van der Waals surface area contributed by atoms with Gasteiger partial charge in [0.1, 0.15) is 0 Å². The molecule has 0 spiro atoms. The number of carbonyl (C=O) groups is 1. The van der Waals surface area contributed by atoms with Crippen LogP contribution in [-0.2, 0) is 4.74 Å². The van der Waals surface area contributed by atoms with E-state index in [1.54, 1.807) is 32.0 Å². The van der Waals surface area contributed by atoms with Gasteiger partial charge in [0.25, 0.3) is 0 Å². The van der Waals surface area contributed by atoms with Crippen molar-refractivity contribution in [3.05, 3.63) is 26.8 Å². The molecule has 1 amide bonds. The van der Waals surface area contributed by atoms with Gasteiger partial charge in [0.15, 0.2) is 0 Å². The van der Waals surface area contributed by atoms with E-state index < -0.39 is 6.09 Å². The molecule has 0 radical (unpaired) electrons. The molecule has 1 rings (SSSR count). The first-order chi connectivity index (χ1) is 6.99. The third kappa shape index (κ3) is 4.25. The van der Waals surface area contributed by atoms with Crippen LogP contribution in [0.15, 0.2) is 18.2 Å². The second-order valence-corrected chi connectivity index (χ2v) is 4.80. The second kappa shape index (κ2) is 5.55. The van der Waals surface area contributed by atoms with Gasteiger partial charge in [-0.3, -0.25) is 5.32 Å². The largest absolute Gasteiger partial charge is 0.447 e.